The van der Waals surface area contributed by atoms with Crippen molar-refractivity contribution in [3.8, 4) is 0 Å². The number of carbonyl (C=O) groups is 2. The Morgan fingerprint density at radius 2 is 1.89 bits per heavy atom. The number of nitrogens with two attached hydrogens (primary N) is 1. The Hall–Kier alpha value is -2.84. The lowest BCUT2D eigenvalue weighted by molar-refractivity contribution is -0.121. The molecule has 1 amide bonds. The first kappa shape index (κ1) is 20.5. The number of primary amides is 1. The van der Waals surface area contributed by atoms with Crippen molar-refractivity contribution < 1.29 is 22.7 Å². The first-order chi connectivity index (χ1) is 12.8. The number of nitrogens with zero attached hydrogens (tertiary/aromatic N) is 1. The van der Waals surface area contributed by atoms with Gasteiger partial charge in [-0.25, -0.2) is 13.2 Å². The van der Waals surface area contributed by atoms with Crippen LogP contribution in [0, 0.1) is 0 Å². The van der Waals surface area contributed by atoms with Gasteiger partial charge in [0.25, 0.3) is 15.9 Å². The summed E-state index contributed by atoms with van der Waals surface area (Å²) in [5.41, 5.74) is 5.18. The van der Waals surface area contributed by atoms with Crippen molar-refractivity contribution in [3.05, 3.63) is 71.8 Å². The van der Waals surface area contributed by atoms with Crippen molar-refractivity contribution in [1.29, 1.82) is 0 Å². The van der Waals surface area contributed by atoms with E-state index in [1.165, 1.54) is 24.3 Å². The second-order valence-corrected chi connectivity index (χ2v) is 7.62. The van der Waals surface area contributed by atoms with Crippen molar-refractivity contribution in [1.82, 2.24) is 0 Å². The molecule has 0 aliphatic carbocycles. The summed E-state index contributed by atoms with van der Waals surface area (Å²) in [5.74, 6) is -1.68. The third-order valence-electron chi connectivity index (χ3n) is 3.42. The Bertz CT molecular complexity index is 975. The number of esters is 1. The molecule has 7 nitrogen and oxygen atoms in total. The SMILES string of the molecule is C=CCN(c1ccccc1Cl)S(=O)(=O)c1cccc(C(=O)OCC(N)=O)c1. The molecule has 2 aromatic rings. The normalized spacial score (nSPS) is 10.9. The molecular weight excluding hydrogens is 392 g/mol. The number of sulfonamides is 1. The molecule has 0 aromatic heterocycles. The van der Waals surface area contributed by atoms with Gasteiger partial charge in [0.15, 0.2) is 6.61 Å². The zero-order valence-corrected chi connectivity index (χ0v) is 15.7. The molecule has 0 saturated carbocycles. The summed E-state index contributed by atoms with van der Waals surface area (Å²) < 4.78 is 32.0. The van der Waals surface area contributed by atoms with Crippen molar-refractivity contribution in [2.24, 2.45) is 5.73 Å². The second kappa shape index (κ2) is 8.70. The molecule has 0 radical (unpaired) electrons. The average Bonchev–Trinajstić information content (AvgIpc) is 2.65. The molecule has 0 bridgehead atoms. The van der Waals surface area contributed by atoms with Crippen LogP contribution in [0.2, 0.25) is 5.02 Å². The molecule has 0 aliphatic rings. The van der Waals surface area contributed by atoms with Crippen molar-refractivity contribution in [3.63, 3.8) is 0 Å². The highest BCUT2D eigenvalue weighted by Crippen LogP contribution is 2.30. The number of para-hydroxylation sites is 1. The molecular formula is C18H17ClN2O5S. The van der Waals surface area contributed by atoms with Crippen LogP contribution in [0.1, 0.15) is 10.4 Å². The van der Waals surface area contributed by atoms with Gasteiger partial charge >= 0.3 is 5.97 Å². The topological polar surface area (TPSA) is 107 Å². The largest absolute Gasteiger partial charge is 0.452 e. The van der Waals surface area contributed by atoms with Gasteiger partial charge in [0.1, 0.15) is 0 Å². The fourth-order valence-electron chi connectivity index (χ4n) is 2.23. The van der Waals surface area contributed by atoms with E-state index in [0.29, 0.717) is 0 Å². The molecule has 0 atom stereocenters. The summed E-state index contributed by atoms with van der Waals surface area (Å²) in [6.07, 6.45) is 1.42. The van der Waals surface area contributed by atoms with Crippen LogP contribution in [-0.4, -0.2) is 33.4 Å². The Balaban J connectivity index is 2.43. The highest BCUT2D eigenvalue weighted by molar-refractivity contribution is 7.92. The highest BCUT2D eigenvalue weighted by Gasteiger charge is 2.26. The fourth-order valence-corrected chi connectivity index (χ4v) is 4.02. The van der Waals surface area contributed by atoms with Gasteiger partial charge in [-0.3, -0.25) is 9.10 Å². The van der Waals surface area contributed by atoms with Crippen LogP contribution in [0.25, 0.3) is 0 Å². The summed E-state index contributed by atoms with van der Waals surface area (Å²) in [7, 11) is -4.05. The van der Waals surface area contributed by atoms with Gasteiger partial charge in [0.05, 0.1) is 27.7 Å². The van der Waals surface area contributed by atoms with E-state index >= 15 is 0 Å². The lowest BCUT2D eigenvalue weighted by Crippen LogP contribution is -2.31. The molecule has 2 rings (SSSR count). The lowest BCUT2D eigenvalue weighted by Gasteiger charge is -2.24. The molecule has 27 heavy (non-hydrogen) atoms. The molecule has 0 aliphatic heterocycles. The number of hydrogen-bond acceptors (Lipinski definition) is 5. The van der Waals surface area contributed by atoms with E-state index in [9.17, 15) is 18.0 Å². The molecule has 0 fully saturated rings. The third kappa shape index (κ3) is 4.87. The van der Waals surface area contributed by atoms with Gasteiger partial charge in [-0.15, -0.1) is 6.58 Å². The predicted octanol–water partition coefficient (Wildman–Crippen LogP) is 2.36. The van der Waals surface area contributed by atoms with Gasteiger partial charge in [-0.1, -0.05) is 35.9 Å². The van der Waals surface area contributed by atoms with E-state index in [0.717, 1.165) is 10.4 Å². The summed E-state index contributed by atoms with van der Waals surface area (Å²) in [6, 6.07) is 11.7. The number of hydrogen-bond donors (Lipinski definition) is 1. The van der Waals surface area contributed by atoms with Gasteiger partial charge in [0.2, 0.25) is 0 Å². The zero-order chi connectivity index (χ0) is 20.0. The Kier molecular flexibility index (Phi) is 6.59. The maximum Gasteiger partial charge on any atom is 0.338 e. The van der Waals surface area contributed by atoms with E-state index in [1.807, 2.05) is 0 Å². The molecule has 9 heteroatoms. The van der Waals surface area contributed by atoms with Gasteiger partial charge in [-0.05, 0) is 30.3 Å². The number of anilines is 1. The Morgan fingerprint density at radius 1 is 1.19 bits per heavy atom. The number of benzene rings is 2. The number of carbonyl (C=O) groups excluding carboxylic acids is 2. The van der Waals surface area contributed by atoms with Crippen LogP contribution in [0.4, 0.5) is 5.69 Å². The third-order valence-corrected chi connectivity index (χ3v) is 5.51. The summed E-state index contributed by atoms with van der Waals surface area (Å²) in [6.45, 7) is 2.96. The summed E-state index contributed by atoms with van der Waals surface area (Å²) in [4.78, 5) is 22.6. The van der Waals surface area contributed by atoms with Crippen LogP contribution in [0.5, 0.6) is 0 Å². The summed E-state index contributed by atoms with van der Waals surface area (Å²) in [5, 5.41) is 0.250. The zero-order valence-electron chi connectivity index (χ0n) is 14.2. The van der Waals surface area contributed by atoms with E-state index in [4.69, 9.17) is 22.1 Å². The molecule has 2 N–H and O–H groups in total. The van der Waals surface area contributed by atoms with E-state index < -0.39 is 28.5 Å². The number of halogens is 1. The molecule has 0 spiro atoms. The molecule has 0 heterocycles. The van der Waals surface area contributed by atoms with Crippen molar-refractivity contribution in [2.45, 2.75) is 4.90 Å². The monoisotopic (exact) mass is 408 g/mol. The second-order valence-electron chi connectivity index (χ2n) is 5.35. The minimum absolute atomic E-state index is 0.0254. The predicted molar refractivity (Wildman–Crippen MR) is 102 cm³/mol. The molecule has 142 valence electrons. The van der Waals surface area contributed by atoms with Crippen LogP contribution in [-0.2, 0) is 19.6 Å². The van der Waals surface area contributed by atoms with Crippen LogP contribution in [0.3, 0.4) is 0 Å². The molecule has 2 aromatic carbocycles. The lowest BCUT2D eigenvalue weighted by atomic mass is 10.2. The Labute approximate surface area is 162 Å². The first-order valence-corrected chi connectivity index (χ1v) is 9.53. The molecule has 0 unspecified atom stereocenters. The van der Waals surface area contributed by atoms with Gasteiger partial charge in [0, 0.05) is 0 Å². The standard InChI is InChI=1S/C18H17ClN2O5S/c1-2-10-21(16-9-4-3-8-15(16)19)27(24,25)14-7-5-6-13(11-14)18(23)26-12-17(20)22/h2-9,11H,1,10,12H2,(H2,20,22). The minimum atomic E-state index is -4.05. The first-order valence-electron chi connectivity index (χ1n) is 7.71. The van der Waals surface area contributed by atoms with E-state index in [-0.39, 0.29) is 27.7 Å². The van der Waals surface area contributed by atoms with Gasteiger partial charge < -0.3 is 10.5 Å². The van der Waals surface area contributed by atoms with Crippen molar-refractivity contribution >= 4 is 39.2 Å². The maximum absolute atomic E-state index is 13.1. The van der Waals surface area contributed by atoms with Gasteiger partial charge in [-0.2, -0.15) is 0 Å². The number of amides is 1. The number of rotatable bonds is 8. The maximum atomic E-state index is 13.1. The average molecular weight is 409 g/mol. The van der Waals surface area contributed by atoms with Crippen LogP contribution < -0.4 is 10.0 Å². The van der Waals surface area contributed by atoms with Crippen molar-refractivity contribution in [2.75, 3.05) is 17.5 Å². The quantitative estimate of drug-likeness (QED) is 0.533. The van der Waals surface area contributed by atoms with Crippen LogP contribution >= 0.6 is 11.6 Å². The van der Waals surface area contributed by atoms with E-state index in [2.05, 4.69) is 6.58 Å². The fraction of sp³-hybridized carbons (Fsp3) is 0.111. The smallest absolute Gasteiger partial charge is 0.338 e. The number of ether oxygens (including phenoxy) is 1. The minimum Gasteiger partial charge on any atom is -0.452 e. The van der Waals surface area contributed by atoms with Crippen LogP contribution in [0.15, 0.2) is 66.1 Å². The van der Waals surface area contributed by atoms with E-state index in [1.54, 1.807) is 24.3 Å². The molecule has 0 saturated heterocycles. The summed E-state index contributed by atoms with van der Waals surface area (Å²) >= 11 is 6.14. The highest BCUT2D eigenvalue weighted by atomic mass is 35.5. The Morgan fingerprint density at radius 3 is 2.52 bits per heavy atom.